The molecule has 0 bridgehead atoms. The van der Waals surface area contributed by atoms with Crippen LogP contribution in [-0.4, -0.2) is 49.3 Å². The fourth-order valence-electron chi connectivity index (χ4n) is 4.27. The second-order valence-corrected chi connectivity index (χ2v) is 10.3. The van der Waals surface area contributed by atoms with Crippen LogP contribution in [-0.2, 0) is 14.8 Å². The van der Waals surface area contributed by atoms with Gasteiger partial charge < -0.3 is 15.1 Å². The standard InChI is InChI=1S/C23H32N4O5S/c1-4-17(21(28)23-26-18-12-8-9-13-20(18)32-23)25-22(29)19(14-16-10-6-5-7-11-16)24-15(2)27-33(3,30)31/h8-9,12-13,16-17,19H,4-7,10-11,14H2,1-3H3,(H,24,27)(H,25,29). The van der Waals surface area contributed by atoms with E-state index in [-0.39, 0.29) is 17.6 Å². The van der Waals surface area contributed by atoms with Crippen molar-refractivity contribution in [3.63, 3.8) is 0 Å². The van der Waals surface area contributed by atoms with Crippen LogP contribution < -0.4 is 10.6 Å². The summed E-state index contributed by atoms with van der Waals surface area (Å²) < 4.78 is 32.3. The number of hydrogen-bond acceptors (Lipinski definition) is 6. The first kappa shape index (κ1) is 24.9. The van der Waals surface area contributed by atoms with Gasteiger partial charge in [0.1, 0.15) is 17.4 Å². The SMILES string of the molecule is CCC(NC(=O)C(CC1CCCCC1)N/C(C)=N/S(C)(=O)=O)C(=O)c1nc2ccccc2o1. The lowest BCUT2D eigenvalue weighted by Gasteiger charge is -2.28. The zero-order valence-corrected chi connectivity index (χ0v) is 20.2. The van der Waals surface area contributed by atoms with Gasteiger partial charge in [-0.3, -0.25) is 9.59 Å². The van der Waals surface area contributed by atoms with Gasteiger partial charge in [0, 0.05) is 0 Å². The fourth-order valence-corrected chi connectivity index (χ4v) is 4.82. The molecule has 0 aliphatic heterocycles. The van der Waals surface area contributed by atoms with Gasteiger partial charge in [-0.1, -0.05) is 51.2 Å². The van der Waals surface area contributed by atoms with Crippen molar-refractivity contribution >= 4 is 38.6 Å². The molecule has 1 fully saturated rings. The monoisotopic (exact) mass is 476 g/mol. The number of benzene rings is 1. The highest BCUT2D eigenvalue weighted by atomic mass is 32.2. The number of amidine groups is 1. The number of oxazole rings is 1. The number of sulfonamides is 1. The zero-order valence-electron chi connectivity index (χ0n) is 19.3. The molecule has 1 aliphatic carbocycles. The first-order valence-corrected chi connectivity index (χ1v) is 13.2. The second kappa shape index (κ2) is 10.9. The second-order valence-electron chi connectivity index (χ2n) is 8.67. The highest BCUT2D eigenvalue weighted by molar-refractivity contribution is 7.89. The van der Waals surface area contributed by atoms with E-state index in [2.05, 4.69) is 20.0 Å². The Morgan fingerprint density at radius 3 is 2.48 bits per heavy atom. The van der Waals surface area contributed by atoms with Crippen LogP contribution in [0.4, 0.5) is 0 Å². The largest absolute Gasteiger partial charge is 0.434 e. The van der Waals surface area contributed by atoms with E-state index in [0.717, 1.165) is 31.9 Å². The van der Waals surface area contributed by atoms with Crippen LogP contribution in [0.1, 0.15) is 69.5 Å². The van der Waals surface area contributed by atoms with Gasteiger partial charge in [-0.15, -0.1) is 0 Å². The molecule has 1 saturated carbocycles. The molecule has 1 aliphatic rings. The van der Waals surface area contributed by atoms with Gasteiger partial charge in [0.2, 0.25) is 11.7 Å². The molecule has 2 N–H and O–H groups in total. The molecule has 0 spiro atoms. The zero-order chi connectivity index (χ0) is 24.0. The van der Waals surface area contributed by atoms with Crippen molar-refractivity contribution in [1.82, 2.24) is 15.6 Å². The molecule has 180 valence electrons. The van der Waals surface area contributed by atoms with Crippen LogP contribution in [0, 0.1) is 5.92 Å². The number of carbonyl (C=O) groups excluding carboxylic acids is 2. The van der Waals surface area contributed by atoms with Crippen LogP contribution in [0.15, 0.2) is 33.1 Å². The third-order valence-corrected chi connectivity index (χ3v) is 6.45. The van der Waals surface area contributed by atoms with Crippen LogP contribution in [0.5, 0.6) is 0 Å². The topological polar surface area (TPSA) is 131 Å². The van der Waals surface area contributed by atoms with Crippen molar-refractivity contribution < 1.29 is 22.4 Å². The van der Waals surface area contributed by atoms with E-state index in [1.165, 1.54) is 13.3 Å². The lowest BCUT2D eigenvalue weighted by atomic mass is 9.84. The Labute approximate surface area is 194 Å². The van der Waals surface area contributed by atoms with Gasteiger partial charge in [-0.25, -0.2) is 13.4 Å². The minimum absolute atomic E-state index is 0.0463. The molecule has 33 heavy (non-hydrogen) atoms. The predicted molar refractivity (Wildman–Crippen MR) is 127 cm³/mol. The van der Waals surface area contributed by atoms with Crippen molar-refractivity contribution in [2.75, 3.05) is 6.26 Å². The van der Waals surface area contributed by atoms with Crippen LogP contribution in [0.2, 0.25) is 0 Å². The summed E-state index contributed by atoms with van der Waals surface area (Å²) in [6, 6.07) is 5.57. The summed E-state index contributed by atoms with van der Waals surface area (Å²) >= 11 is 0. The number of carbonyl (C=O) groups is 2. The molecule has 9 nitrogen and oxygen atoms in total. The Balaban J connectivity index is 1.76. The molecule has 1 aromatic heterocycles. The predicted octanol–water partition coefficient (Wildman–Crippen LogP) is 3.21. The summed E-state index contributed by atoms with van der Waals surface area (Å²) in [4.78, 5) is 30.5. The number of Topliss-reactive ketones (excluding diaryl/α,β-unsaturated/α-hetero) is 1. The minimum atomic E-state index is -3.60. The van der Waals surface area contributed by atoms with E-state index in [1.807, 2.05) is 0 Å². The molecule has 0 radical (unpaired) electrons. The van der Waals surface area contributed by atoms with E-state index in [0.29, 0.717) is 29.9 Å². The molecule has 10 heteroatoms. The van der Waals surface area contributed by atoms with Crippen molar-refractivity contribution in [3.05, 3.63) is 30.2 Å². The van der Waals surface area contributed by atoms with E-state index < -0.39 is 27.9 Å². The number of aromatic nitrogens is 1. The Bertz CT molecular complexity index is 1090. The summed E-state index contributed by atoms with van der Waals surface area (Å²) in [5.41, 5.74) is 1.08. The minimum Gasteiger partial charge on any atom is -0.434 e. The molecule has 1 heterocycles. The highest BCUT2D eigenvalue weighted by Crippen LogP contribution is 2.27. The molecular formula is C23H32N4O5S. The van der Waals surface area contributed by atoms with E-state index >= 15 is 0 Å². The van der Waals surface area contributed by atoms with E-state index in [1.54, 1.807) is 31.2 Å². The Morgan fingerprint density at radius 2 is 1.85 bits per heavy atom. The van der Waals surface area contributed by atoms with Gasteiger partial charge in [0.15, 0.2) is 5.58 Å². The third-order valence-electron chi connectivity index (χ3n) is 5.84. The van der Waals surface area contributed by atoms with Crippen LogP contribution >= 0.6 is 0 Å². The molecule has 2 unspecified atom stereocenters. The number of para-hydroxylation sites is 2. The molecule has 1 aromatic carbocycles. The number of ketones is 1. The lowest BCUT2D eigenvalue weighted by molar-refractivity contribution is -0.123. The molecule has 2 atom stereocenters. The maximum atomic E-state index is 13.2. The van der Waals surface area contributed by atoms with Gasteiger partial charge in [0.05, 0.1) is 12.3 Å². The quantitative estimate of drug-likeness (QED) is 0.323. The highest BCUT2D eigenvalue weighted by Gasteiger charge is 2.30. The first-order valence-electron chi connectivity index (χ1n) is 11.4. The summed E-state index contributed by atoms with van der Waals surface area (Å²) in [5, 5.41) is 5.77. The van der Waals surface area contributed by atoms with Crippen molar-refractivity contribution in [2.45, 2.75) is 70.9 Å². The first-order chi connectivity index (χ1) is 15.7. The Kier molecular flexibility index (Phi) is 8.23. The van der Waals surface area contributed by atoms with Gasteiger partial charge >= 0.3 is 0 Å². The Morgan fingerprint density at radius 1 is 1.15 bits per heavy atom. The average Bonchev–Trinajstić information content (AvgIpc) is 3.20. The summed E-state index contributed by atoms with van der Waals surface area (Å²) in [6.45, 7) is 3.31. The molecular weight excluding hydrogens is 444 g/mol. The Hall–Kier alpha value is -2.75. The smallest absolute Gasteiger partial charge is 0.266 e. The number of hydrogen-bond donors (Lipinski definition) is 2. The normalized spacial score (nSPS) is 17.5. The summed E-state index contributed by atoms with van der Waals surface area (Å²) in [6.07, 6.45) is 7.35. The van der Waals surface area contributed by atoms with Crippen LogP contribution in [0.25, 0.3) is 11.1 Å². The lowest BCUT2D eigenvalue weighted by Crippen LogP contribution is -2.52. The van der Waals surface area contributed by atoms with Crippen LogP contribution in [0.3, 0.4) is 0 Å². The van der Waals surface area contributed by atoms with E-state index in [4.69, 9.17) is 4.42 Å². The van der Waals surface area contributed by atoms with Crippen molar-refractivity contribution in [3.8, 4) is 0 Å². The average molecular weight is 477 g/mol. The van der Waals surface area contributed by atoms with Crippen molar-refractivity contribution in [2.24, 2.45) is 10.3 Å². The maximum Gasteiger partial charge on any atom is 0.266 e. The summed E-state index contributed by atoms with van der Waals surface area (Å²) in [5.74, 6) is -0.331. The molecule has 1 amide bonds. The third kappa shape index (κ3) is 7.12. The maximum absolute atomic E-state index is 13.2. The molecule has 3 rings (SSSR count). The molecule has 2 aromatic rings. The number of nitrogens with one attached hydrogen (secondary N) is 2. The van der Waals surface area contributed by atoms with Gasteiger partial charge in [0.25, 0.3) is 15.9 Å². The number of amides is 1. The number of rotatable bonds is 9. The van der Waals surface area contributed by atoms with E-state index in [9.17, 15) is 18.0 Å². The van der Waals surface area contributed by atoms with Gasteiger partial charge in [-0.05, 0) is 37.8 Å². The van der Waals surface area contributed by atoms with Crippen molar-refractivity contribution in [1.29, 1.82) is 0 Å². The summed E-state index contributed by atoms with van der Waals surface area (Å²) in [7, 11) is -3.60. The number of nitrogens with zero attached hydrogens (tertiary/aromatic N) is 2. The molecule has 0 saturated heterocycles. The van der Waals surface area contributed by atoms with Gasteiger partial charge in [-0.2, -0.15) is 4.40 Å². The fraction of sp³-hybridized carbons (Fsp3) is 0.565. The number of fused-ring (bicyclic) bond motifs is 1.